The first kappa shape index (κ1) is 13.6. The van der Waals surface area contributed by atoms with Crippen LogP contribution in [0.2, 0.25) is 5.02 Å². The van der Waals surface area contributed by atoms with Gasteiger partial charge < -0.3 is 0 Å². The molecule has 4 rings (SSSR count). The van der Waals surface area contributed by atoms with Gasteiger partial charge in [0.1, 0.15) is 0 Å². The summed E-state index contributed by atoms with van der Waals surface area (Å²) in [5.41, 5.74) is 0.699. The molecule has 0 atom stereocenters. The second-order valence-electron chi connectivity index (χ2n) is 4.57. The molecule has 0 aliphatic rings. The third kappa shape index (κ3) is 2.35. The Morgan fingerprint density at radius 1 is 1.18 bits per heavy atom. The SMILES string of the molecule is O=c1/c(=C/c2cccs2)sc2nc(-c3ccc(Cl)cc3)nn12. The summed E-state index contributed by atoms with van der Waals surface area (Å²) in [5, 5.41) is 6.94. The molecule has 0 bridgehead atoms. The van der Waals surface area contributed by atoms with Crippen LogP contribution in [0.15, 0.2) is 46.6 Å². The number of hydrogen-bond donors (Lipinski definition) is 0. The van der Waals surface area contributed by atoms with E-state index in [0.717, 1.165) is 10.4 Å². The summed E-state index contributed by atoms with van der Waals surface area (Å²) < 4.78 is 1.99. The van der Waals surface area contributed by atoms with E-state index in [-0.39, 0.29) is 5.56 Å². The molecule has 0 spiro atoms. The fraction of sp³-hybridized carbons (Fsp3) is 0. The predicted octanol–water partition coefficient (Wildman–Crippen LogP) is 3.08. The van der Waals surface area contributed by atoms with E-state index in [4.69, 9.17) is 11.6 Å². The third-order valence-electron chi connectivity index (χ3n) is 3.10. The minimum atomic E-state index is -0.138. The van der Waals surface area contributed by atoms with E-state index in [2.05, 4.69) is 10.1 Å². The molecule has 0 amide bonds. The standard InChI is InChI=1S/C15H8ClN3OS2/c16-10-5-3-9(4-6-10)13-17-15-19(18-13)14(20)12(22-15)8-11-2-1-7-21-11/h1-8H/b12-8-. The normalized spacial score (nSPS) is 12.3. The highest BCUT2D eigenvalue weighted by atomic mass is 35.5. The maximum Gasteiger partial charge on any atom is 0.291 e. The number of rotatable bonds is 2. The van der Waals surface area contributed by atoms with E-state index in [0.29, 0.717) is 20.3 Å². The van der Waals surface area contributed by atoms with Crippen molar-refractivity contribution in [3.05, 3.63) is 66.6 Å². The highest BCUT2D eigenvalue weighted by Crippen LogP contribution is 2.19. The molecule has 0 radical (unpaired) electrons. The van der Waals surface area contributed by atoms with Gasteiger partial charge >= 0.3 is 0 Å². The van der Waals surface area contributed by atoms with E-state index < -0.39 is 0 Å². The van der Waals surface area contributed by atoms with E-state index in [9.17, 15) is 4.79 Å². The van der Waals surface area contributed by atoms with E-state index >= 15 is 0 Å². The van der Waals surface area contributed by atoms with Crippen LogP contribution in [0.5, 0.6) is 0 Å². The maximum absolute atomic E-state index is 12.4. The number of aromatic nitrogens is 3. The minimum Gasteiger partial charge on any atom is -0.266 e. The van der Waals surface area contributed by atoms with Crippen LogP contribution >= 0.6 is 34.3 Å². The Labute approximate surface area is 137 Å². The number of halogens is 1. The Bertz CT molecular complexity index is 1050. The van der Waals surface area contributed by atoms with Gasteiger partial charge in [0.15, 0.2) is 5.82 Å². The van der Waals surface area contributed by atoms with Gasteiger partial charge in [-0.2, -0.15) is 9.50 Å². The highest BCUT2D eigenvalue weighted by molar-refractivity contribution is 7.15. The summed E-state index contributed by atoms with van der Waals surface area (Å²) in [6.07, 6.45) is 1.87. The Kier molecular flexibility index (Phi) is 3.29. The molecule has 0 N–H and O–H groups in total. The molecule has 3 aromatic heterocycles. The summed E-state index contributed by atoms with van der Waals surface area (Å²) in [5.74, 6) is 0.530. The number of fused-ring (bicyclic) bond motifs is 1. The first-order valence-corrected chi connectivity index (χ1v) is 8.49. The van der Waals surface area contributed by atoms with Crippen molar-refractivity contribution < 1.29 is 0 Å². The van der Waals surface area contributed by atoms with Crippen LogP contribution < -0.4 is 10.1 Å². The zero-order chi connectivity index (χ0) is 15.1. The van der Waals surface area contributed by atoms with Gasteiger partial charge in [-0.25, -0.2) is 0 Å². The molecule has 4 nitrogen and oxygen atoms in total. The number of thiophene rings is 1. The summed E-state index contributed by atoms with van der Waals surface area (Å²) >= 11 is 8.81. The van der Waals surface area contributed by atoms with Crippen LogP contribution in [0.4, 0.5) is 0 Å². The minimum absolute atomic E-state index is 0.138. The molecule has 108 valence electrons. The summed E-state index contributed by atoms with van der Waals surface area (Å²) in [6, 6.07) is 11.2. The molecule has 0 aliphatic heterocycles. The fourth-order valence-corrected chi connectivity index (χ4v) is 3.81. The summed E-state index contributed by atoms with van der Waals surface area (Å²) in [6.45, 7) is 0. The quantitative estimate of drug-likeness (QED) is 0.561. The smallest absolute Gasteiger partial charge is 0.266 e. The Hall–Kier alpha value is -2.02. The molecule has 4 aromatic rings. The second kappa shape index (κ2) is 5.31. The van der Waals surface area contributed by atoms with Crippen LogP contribution in [0, 0.1) is 0 Å². The van der Waals surface area contributed by atoms with E-state index in [1.807, 2.05) is 35.7 Å². The molecule has 0 fully saturated rings. The van der Waals surface area contributed by atoms with Crippen molar-refractivity contribution in [2.45, 2.75) is 0 Å². The number of nitrogens with zero attached hydrogens (tertiary/aromatic N) is 3. The highest BCUT2D eigenvalue weighted by Gasteiger charge is 2.11. The van der Waals surface area contributed by atoms with Gasteiger partial charge in [-0.1, -0.05) is 29.0 Å². The number of benzene rings is 1. The second-order valence-corrected chi connectivity index (χ2v) is 6.99. The molecule has 3 heterocycles. The van der Waals surface area contributed by atoms with Gasteiger partial charge in [-0.15, -0.1) is 16.4 Å². The third-order valence-corrected chi connectivity index (χ3v) is 5.13. The van der Waals surface area contributed by atoms with Gasteiger partial charge in [-0.05, 0) is 41.8 Å². The lowest BCUT2D eigenvalue weighted by molar-refractivity contribution is 0.937. The molecule has 0 saturated carbocycles. The van der Waals surface area contributed by atoms with Gasteiger partial charge in [-0.3, -0.25) is 4.79 Å². The predicted molar refractivity (Wildman–Crippen MR) is 90.7 cm³/mol. The van der Waals surface area contributed by atoms with Gasteiger partial charge in [0, 0.05) is 15.5 Å². The van der Waals surface area contributed by atoms with Crippen molar-refractivity contribution in [1.82, 2.24) is 14.6 Å². The molecule has 22 heavy (non-hydrogen) atoms. The molecule has 0 aliphatic carbocycles. The Morgan fingerprint density at radius 3 is 2.68 bits per heavy atom. The van der Waals surface area contributed by atoms with Gasteiger partial charge in [0.25, 0.3) is 5.56 Å². The van der Waals surface area contributed by atoms with Crippen molar-refractivity contribution in [3.8, 4) is 11.4 Å². The molecular weight excluding hydrogens is 338 g/mol. The van der Waals surface area contributed by atoms with Crippen molar-refractivity contribution in [2.75, 3.05) is 0 Å². The molecule has 7 heteroatoms. The average Bonchev–Trinajstić information content (AvgIpc) is 3.21. The Balaban J connectivity index is 1.84. The number of thiazole rings is 1. The maximum atomic E-state index is 12.4. The molecule has 0 saturated heterocycles. The van der Waals surface area contributed by atoms with E-state index in [1.165, 1.54) is 15.9 Å². The van der Waals surface area contributed by atoms with Crippen molar-refractivity contribution in [2.24, 2.45) is 0 Å². The van der Waals surface area contributed by atoms with Crippen LogP contribution in [-0.4, -0.2) is 14.6 Å². The first-order chi connectivity index (χ1) is 10.7. The lowest BCUT2D eigenvalue weighted by Gasteiger charge is -1.93. The summed E-state index contributed by atoms with van der Waals surface area (Å²) in [4.78, 5) is 18.4. The van der Waals surface area contributed by atoms with Crippen molar-refractivity contribution in [1.29, 1.82) is 0 Å². The first-order valence-electron chi connectivity index (χ1n) is 6.41. The van der Waals surface area contributed by atoms with Gasteiger partial charge in [0.05, 0.1) is 4.53 Å². The fourth-order valence-electron chi connectivity index (χ4n) is 2.06. The van der Waals surface area contributed by atoms with Crippen LogP contribution in [0.3, 0.4) is 0 Å². The molecule has 0 unspecified atom stereocenters. The van der Waals surface area contributed by atoms with Crippen LogP contribution in [0.1, 0.15) is 4.88 Å². The monoisotopic (exact) mass is 345 g/mol. The summed E-state index contributed by atoms with van der Waals surface area (Å²) in [7, 11) is 0. The zero-order valence-electron chi connectivity index (χ0n) is 11.1. The molecule has 1 aromatic carbocycles. The van der Waals surface area contributed by atoms with E-state index in [1.54, 1.807) is 23.5 Å². The van der Waals surface area contributed by atoms with Crippen LogP contribution in [0.25, 0.3) is 22.4 Å². The topological polar surface area (TPSA) is 47.3 Å². The van der Waals surface area contributed by atoms with Gasteiger partial charge in [0.2, 0.25) is 4.96 Å². The Morgan fingerprint density at radius 2 is 2.00 bits per heavy atom. The average molecular weight is 346 g/mol. The zero-order valence-corrected chi connectivity index (χ0v) is 13.5. The number of hydrogen-bond acceptors (Lipinski definition) is 5. The van der Waals surface area contributed by atoms with Crippen molar-refractivity contribution in [3.63, 3.8) is 0 Å². The largest absolute Gasteiger partial charge is 0.291 e. The van der Waals surface area contributed by atoms with Crippen molar-refractivity contribution >= 4 is 45.3 Å². The lowest BCUT2D eigenvalue weighted by atomic mass is 10.2. The molecular formula is C15H8ClN3OS2. The van der Waals surface area contributed by atoms with Crippen LogP contribution in [-0.2, 0) is 0 Å². The lowest BCUT2D eigenvalue weighted by Crippen LogP contribution is -2.23.